The average Bonchev–Trinajstić information content (AvgIpc) is 3.86. The van der Waals surface area contributed by atoms with Crippen molar-refractivity contribution in [3.8, 4) is 39.7 Å². The number of ether oxygens (including phenoxy) is 1. The van der Waals surface area contributed by atoms with E-state index in [4.69, 9.17) is 23.4 Å². The first-order valence-corrected chi connectivity index (χ1v) is 20.1. The van der Waals surface area contributed by atoms with Crippen LogP contribution in [0.1, 0.15) is 43.6 Å². The standard InChI is InChI=1S/C44H39BF2N4O7S/c1-43(2)44(3,4)58-45(57-43)27-13-9-25(10-14-27)19-20-51(59(53)54)35-23-38-31(39(42(52)48-5)41(56-38)26-11-15-28(46)16-12-26)21-30(35)33-17-18-37-40(49-33)36-22-29-32(47)7-6-8-34(29)50(36)24-55-37/h6-18,21-23H,19-20,24H2,1-5H3,(H,48,52)(H,53,54). The fraction of sp³-hybridized carbons (Fsp3) is 0.227. The Balaban J connectivity index is 1.16. The van der Waals surface area contributed by atoms with Crippen LogP contribution in [0.25, 0.3) is 55.8 Å². The lowest BCUT2D eigenvalue weighted by molar-refractivity contribution is 0.00578. The van der Waals surface area contributed by atoms with Gasteiger partial charge in [-0.2, -0.15) is 0 Å². The number of hydrogen-bond donors (Lipinski definition) is 2. The highest BCUT2D eigenvalue weighted by Crippen LogP contribution is 2.44. The molecule has 59 heavy (non-hydrogen) atoms. The van der Waals surface area contributed by atoms with Crippen molar-refractivity contribution in [3.05, 3.63) is 120 Å². The highest BCUT2D eigenvalue weighted by Gasteiger charge is 2.51. The maximum Gasteiger partial charge on any atom is 0.494 e. The number of halogens is 2. The molecule has 2 aliphatic heterocycles. The molecule has 0 aliphatic carbocycles. The SMILES string of the molecule is CNC(=O)c1c(-c2ccc(F)cc2)oc2cc(N(CCc3ccc(B4OC(C)(C)C(C)(C)O4)cc3)S(=O)O)c(-c3ccc4c(n3)-c3cc5c(F)cccc5n3CO4)cc12. The van der Waals surface area contributed by atoms with Crippen LogP contribution >= 0.6 is 0 Å². The van der Waals surface area contributed by atoms with Crippen molar-refractivity contribution in [1.82, 2.24) is 14.9 Å². The van der Waals surface area contributed by atoms with E-state index < -0.39 is 41.3 Å². The summed E-state index contributed by atoms with van der Waals surface area (Å²) in [4.78, 5) is 18.6. The van der Waals surface area contributed by atoms with Gasteiger partial charge in [0, 0.05) is 41.6 Å². The van der Waals surface area contributed by atoms with E-state index in [0.29, 0.717) is 62.4 Å². The van der Waals surface area contributed by atoms with Crippen molar-refractivity contribution in [2.75, 3.05) is 17.9 Å². The number of carbonyl (C=O) groups excluding carboxylic acids is 1. The van der Waals surface area contributed by atoms with Gasteiger partial charge in [-0.3, -0.25) is 13.7 Å². The van der Waals surface area contributed by atoms with Gasteiger partial charge in [-0.1, -0.05) is 30.3 Å². The van der Waals surface area contributed by atoms with Gasteiger partial charge in [0.15, 0.2) is 6.73 Å². The fourth-order valence-corrected chi connectivity index (χ4v) is 8.21. The Morgan fingerprint density at radius 2 is 1.68 bits per heavy atom. The smallest absolute Gasteiger partial charge is 0.470 e. The third kappa shape index (κ3) is 6.67. The summed E-state index contributed by atoms with van der Waals surface area (Å²) < 4.78 is 81.4. The number of rotatable bonds is 9. The van der Waals surface area contributed by atoms with Crippen LogP contribution in [0.2, 0.25) is 0 Å². The molecule has 15 heteroatoms. The lowest BCUT2D eigenvalue weighted by Crippen LogP contribution is -2.41. The number of nitrogens with zero attached hydrogens (tertiary/aromatic N) is 3. The zero-order valence-electron chi connectivity index (χ0n) is 32.8. The number of hydrogen-bond acceptors (Lipinski definition) is 7. The Morgan fingerprint density at radius 1 is 0.949 bits per heavy atom. The number of carbonyl (C=O) groups is 1. The second-order valence-electron chi connectivity index (χ2n) is 15.6. The summed E-state index contributed by atoms with van der Waals surface area (Å²) in [5, 5.41) is 3.50. The van der Waals surface area contributed by atoms with Gasteiger partial charge in [-0.05, 0) is 106 Å². The van der Waals surface area contributed by atoms with Crippen LogP contribution in [0.4, 0.5) is 14.5 Å². The van der Waals surface area contributed by atoms with Crippen LogP contribution in [0.5, 0.6) is 5.75 Å². The zero-order chi connectivity index (χ0) is 41.4. The van der Waals surface area contributed by atoms with Crippen molar-refractivity contribution >= 4 is 57.3 Å². The normalized spacial score (nSPS) is 15.8. The van der Waals surface area contributed by atoms with Gasteiger partial charge < -0.3 is 28.3 Å². The van der Waals surface area contributed by atoms with E-state index in [1.54, 1.807) is 36.4 Å². The molecule has 300 valence electrons. The van der Waals surface area contributed by atoms with Crippen molar-refractivity contribution in [2.45, 2.75) is 52.0 Å². The summed E-state index contributed by atoms with van der Waals surface area (Å²) in [6.45, 7) is 8.23. The van der Waals surface area contributed by atoms with E-state index >= 15 is 0 Å². The van der Waals surface area contributed by atoms with Crippen LogP contribution in [-0.4, -0.2) is 56.1 Å². The number of aromatic nitrogens is 2. The molecule has 1 atom stereocenters. The summed E-state index contributed by atoms with van der Waals surface area (Å²) in [6.07, 6.45) is 0.368. The van der Waals surface area contributed by atoms with E-state index in [1.807, 2.05) is 62.6 Å². The molecule has 0 bridgehead atoms. The van der Waals surface area contributed by atoms with Gasteiger partial charge in [0.1, 0.15) is 34.4 Å². The Hall–Kier alpha value is -5.87. The molecule has 5 heterocycles. The van der Waals surface area contributed by atoms with Crippen LogP contribution in [0.3, 0.4) is 0 Å². The lowest BCUT2D eigenvalue weighted by Gasteiger charge is -2.32. The summed E-state index contributed by atoms with van der Waals surface area (Å²) in [5.74, 6) is -0.612. The van der Waals surface area contributed by atoms with Gasteiger partial charge >= 0.3 is 7.12 Å². The van der Waals surface area contributed by atoms with Crippen molar-refractivity contribution < 1.29 is 40.8 Å². The largest absolute Gasteiger partial charge is 0.494 e. The van der Waals surface area contributed by atoms with E-state index in [9.17, 15) is 22.3 Å². The molecule has 0 saturated carbocycles. The van der Waals surface area contributed by atoms with Gasteiger partial charge in [-0.25, -0.2) is 18.0 Å². The second kappa shape index (κ2) is 14.4. The fourth-order valence-electron chi connectivity index (χ4n) is 7.65. The number of fused-ring (bicyclic) bond motifs is 6. The Kier molecular flexibility index (Phi) is 9.46. The van der Waals surface area contributed by atoms with E-state index in [2.05, 4.69) is 5.32 Å². The van der Waals surface area contributed by atoms with Gasteiger partial charge in [0.25, 0.3) is 17.2 Å². The van der Waals surface area contributed by atoms with Crippen LogP contribution in [-0.2, 0) is 33.7 Å². The molecule has 1 amide bonds. The predicted octanol–water partition coefficient (Wildman–Crippen LogP) is 8.26. The van der Waals surface area contributed by atoms with Gasteiger partial charge in [-0.15, -0.1) is 0 Å². The zero-order valence-corrected chi connectivity index (χ0v) is 33.7. The predicted molar refractivity (Wildman–Crippen MR) is 224 cm³/mol. The van der Waals surface area contributed by atoms with E-state index in [0.717, 1.165) is 11.0 Å². The van der Waals surface area contributed by atoms with Gasteiger partial charge in [0.2, 0.25) is 0 Å². The Morgan fingerprint density at radius 3 is 2.37 bits per heavy atom. The molecule has 11 nitrogen and oxygen atoms in total. The summed E-state index contributed by atoms with van der Waals surface area (Å²) in [5.41, 5.74) is 4.48. The number of pyridine rings is 1. The third-order valence-electron chi connectivity index (χ3n) is 11.6. The Labute approximate surface area is 341 Å². The highest BCUT2D eigenvalue weighted by molar-refractivity contribution is 7.80. The first-order chi connectivity index (χ1) is 28.2. The number of benzene rings is 4. The third-order valence-corrected chi connectivity index (χ3v) is 12.3. The number of furan rings is 1. The molecular formula is C44H39BF2N4O7S. The topological polar surface area (TPSA) is 128 Å². The molecule has 0 spiro atoms. The summed E-state index contributed by atoms with van der Waals surface area (Å²) in [7, 11) is 0.962. The highest BCUT2D eigenvalue weighted by atomic mass is 32.2. The van der Waals surface area contributed by atoms with E-state index in [1.165, 1.54) is 41.7 Å². The lowest BCUT2D eigenvalue weighted by atomic mass is 9.79. The molecule has 1 fully saturated rings. The van der Waals surface area contributed by atoms with Crippen LogP contribution in [0, 0.1) is 11.6 Å². The van der Waals surface area contributed by atoms with Crippen molar-refractivity contribution in [3.63, 3.8) is 0 Å². The van der Waals surface area contributed by atoms with Crippen LogP contribution in [0.15, 0.2) is 101 Å². The average molecular weight is 817 g/mol. The maximum atomic E-state index is 15.0. The minimum Gasteiger partial charge on any atom is -0.470 e. The molecule has 0 radical (unpaired) electrons. The first kappa shape index (κ1) is 38.6. The first-order valence-electron chi connectivity index (χ1n) is 19.1. The summed E-state index contributed by atoms with van der Waals surface area (Å²) >= 11 is -2.55. The minimum atomic E-state index is -2.55. The number of nitrogens with one attached hydrogen (secondary N) is 1. The molecule has 1 unspecified atom stereocenters. The Bertz CT molecular complexity index is 2810. The van der Waals surface area contributed by atoms with Crippen molar-refractivity contribution in [1.29, 1.82) is 0 Å². The molecular weight excluding hydrogens is 777 g/mol. The summed E-state index contributed by atoms with van der Waals surface area (Å²) in [6, 6.07) is 26.7. The van der Waals surface area contributed by atoms with Gasteiger partial charge in [0.05, 0.1) is 39.4 Å². The number of anilines is 1. The molecule has 2 aliphatic rings. The molecule has 1 saturated heterocycles. The minimum absolute atomic E-state index is 0.0901. The van der Waals surface area contributed by atoms with Crippen LogP contribution < -0.4 is 19.8 Å². The molecule has 9 rings (SSSR count). The molecule has 3 aromatic heterocycles. The maximum absolute atomic E-state index is 15.0. The number of amides is 1. The second-order valence-corrected chi connectivity index (χ2v) is 16.5. The van der Waals surface area contributed by atoms with Crippen molar-refractivity contribution in [2.24, 2.45) is 0 Å². The molecule has 4 aromatic carbocycles. The van der Waals surface area contributed by atoms with E-state index in [-0.39, 0.29) is 36.0 Å². The quantitative estimate of drug-likeness (QED) is 0.110. The monoisotopic (exact) mass is 816 g/mol. The molecule has 2 N–H and O–H groups in total. The molecule has 7 aromatic rings.